The fourth-order valence-corrected chi connectivity index (χ4v) is 1.42. The Labute approximate surface area is 117 Å². The van der Waals surface area contributed by atoms with Crippen LogP contribution in [0.25, 0.3) is 0 Å². The van der Waals surface area contributed by atoms with Gasteiger partial charge in [-0.3, -0.25) is 0 Å². The van der Waals surface area contributed by atoms with Crippen molar-refractivity contribution in [2.75, 3.05) is 13.2 Å². The number of carbonyl (C=O) groups excluding carboxylic acids is 2. The number of nitrogens with one attached hydrogen (secondary N) is 1. The minimum atomic E-state index is -1.05. The Balaban J connectivity index is 2.17. The van der Waals surface area contributed by atoms with E-state index in [9.17, 15) is 9.59 Å². The number of amides is 1. The molecule has 1 aliphatic rings. The second-order valence-corrected chi connectivity index (χ2v) is 5.72. The molecule has 0 unspecified atom stereocenters. The van der Waals surface area contributed by atoms with Crippen molar-refractivity contribution in [2.45, 2.75) is 52.1 Å². The molecule has 8 nitrogen and oxygen atoms in total. The smallest absolute Gasteiger partial charge is 0.442 e. The lowest BCUT2D eigenvalue weighted by Gasteiger charge is -2.19. The van der Waals surface area contributed by atoms with Crippen molar-refractivity contribution < 1.29 is 33.4 Å². The first-order chi connectivity index (χ1) is 9.07. The molecule has 1 heterocycles. The Kier molecular flexibility index (Phi) is 5.18. The first kappa shape index (κ1) is 16.5. The van der Waals surface area contributed by atoms with Gasteiger partial charge >= 0.3 is 12.2 Å². The molecule has 1 N–H and O–H groups in total. The van der Waals surface area contributed by atoms with Crippen LogP contribution >= 0.6 is 0 Å². The van der Waals surface area contributed by atoms with Crippen LogP contribution in [0.1, 0.15) is 34.6 Å². The second kappa shape index (κ2) is 6.27. The van der Waals surface area contributed by atoms with E-state index in [0.717, 1.165) is 0 Å². The summed E-state index contributed by atoms with van der Waals surface area (Å²) in [4.78, 5) is 26.8. The van der Waals surface area contributed by atoms with Crippen LogP contribution in [0.4, 0.5) is 9.59 Å². The number of hydroxylamine groups is 1. The third-order valence-electron chi connectivity index (χ3n) is 2.07. The number of ether oxygens (including phenoxy) is 4. The normalized spacial score (nSPS) is 21.1. The first-order valence-electron chi connectivity index (χ1n) is 6.22. The molecule has 1 aliphatic heterocycles. The Hall–Kier alpha value is -1.54. The number of hydrogen-bond donors (Lipinski definition) is 1. The van der Waals surface area contributed by atoms with Crippen molar-refractivity contribution in [3.63, 3.8) is 0 Å². The van der Waals surface area contributed by atoms with Crippen LogP contribution in [0.15, 0.2) is 0 Å². The average Bonchev–Trinajstić information content (AvgIpc) is 2.61. The molecule has 0 aromatic heterocycles. The molecule has 0 bridgehead atoms. The molecule has 20 heavy (non-hydrogen) atoms. The maximum atomic E-state index is 11.2. The van der Waals surface area contributed by atoms with Gasteiger partial charge in [-0.15, -0.1) is 5.48 Å². The lowest BCUT2D eigenvalue weighted by atomic mass is 10.2. The van der Waals surface area contributed by atoms with E-state index in [1.54, 1.807) is 34.6 Å². The van der Waals surface area contributed by atoms with Crippen LogP contribution in [0.2, 0.25) is 0 Å². The summed E-state index contributed by atoms with van der Waals surface area (Å²) < 4.78 is 20.3. The highest BCUT2D eigenvalue weighted by Crippen LogP contribution is 2.22. The van der Waals surface area contributed by atoms with E-state index in [4.69, 9.17) is 18.9 Å². The van der Waals surface area contributed by atoms with Crippen LogP contribution in [0, 0.1) is 0 Å². The zero-order valence-electron chi connectivity index (χ0n) is 12.3. The molecule has 1 amide bonds. The van der Waals surface area contributed by atoms with Gasteiger partial charge in [0.25, 0.3) is 0 Å². The monoisotopic (exact) mass is 291 g/mol. The molecule has 1 saturated heterocycles. The van der Waals surface area contributed by atoms with Gasteiger partial charge in [0.2, 0.25) is 0 Å². The first-order valence-corrected chi connectivity index (χ1v) is 6.22. The number of carbonyl (C=O) groups is 2. The van der Waals surface area contributed by atoms with Crippen LogP contribution in [-0.4, -0.2) is 43.0 Å². The summed E-state index contributed by atoms with van der Waals surface area (Å²) in [7, 11) is 0. The Bertz CT molecular complexity index is 361. The van der Waals surface area contributed by atoms with Gasteiger partial charge in [0.15, 0.2) is 5.79 Å². The lowest BCUT2D eigenvalue weighted by Crippen LogP contribution is -2.34. The van der Waals surface area contributed by atoms with Gasteiger partial charge in [0.05, 0.1) is 6.61 Å². The summed E-state index contributed by atoms with van der Waals surface area (Å²) >= 11 is 0. The topological polar surface area (TPSA) is 92.3 Å². The molecule has 1 rings (SSSR count). The zero-order valence-corrected chi connectivity index (χ0v) is 12.3. The predicted molar refractivity (Wildman–Crippen MR) is 66.7 cm³/mol. The molecule has 0 aromatic carbocycles. The highest BCUT2D eigenvalue weighted by molar-refractivity contribution is 5.69. The highest BCUT2D eigenvalue weighted by atomic mass is 16.8. The molecule has 1 atom stereocenters. The third kappa shape index (κ3) is 6.58. The molecule has 0 saturated carbocycles. The molecule has 8 heteroatoms. The van der Waals surface area contributed by atoms with Crippen molar-refractivity contribution in [1.29, 1.82) is 0 Å². The van der Waals surface area contributed by atoms with E-state index < -0.39 is 23.6 Å². The summed E-state index contributed by atoms with van der Waals surface area (Å²) in [5, 5.41) is 0. The van der Waals surface area contributed by atoms with Gasteiger partial charge in [-0.1, -0.05) is 0 Å². The minimum absolute atomic E-state index is 0.0295. The van der Waals surface area contributed by atoms with Crippen LogP contribution in [0.5, 0.6) is 0 Å². The molecular weight excluding hydrogens is 270 g/mol. The van der Waals surface area contributed by atoms with Gasteiger partial charge in [-0.25, -0.2) is 9.59 Å². The average molecular weight is 291 g/mol. The van der Waals surface area contributed by atoms with Crippen molar-refractivity contribution in [2.24, 2.45) is 0 Å². The quantitative estimate of drug-likeness (QED) is 0.611. The fraction of sp³-hybridized carbons (Fsp3) is 0.833. The van der Waals surface area contributed by atoms with E-state index in [1.165, 1.54) is 0 Å². The van der Waals surface area contributed by atoms with Crippen LogP contribution in [-0.2, 0) is 23.8 Å². The molecule has 0 aromatic rings. The van der Waals surface area contributed by atoms with E-state index in [1.807, 2.05) is 5.48 Å². The second-order valence-electron chi connectivity index (χ2n) is 5.72. The van der Waals surface area contributed by atoms with Crippen molar-refractivity contribution >= 4 is 12.2 Å². The fourth-order valence-electron chi connectivity index (χ4n) is 1.42. The molecule has 1 fully saturated rings. The van der Waals surface area contributed by atoms with Crippen LogP contribution in [0.3, 0.4) is 0 Å². The number of hydrogen-bond acceptors (Lipinski definition) is 7. The lowest BCUT2D eigenvalue weighted by molar-refractivity contribution is -0.143. The van der Waals surface area contributed by atoms with E-state index >= 15 is 0 Å². The Morgan fingerprint density at radius 1 is 1.35 bits per heavy atom. The van der Waals surface area contributed by atoms with Gasteiger partial charge in [-0.2, -0.15) is 0 Å². The summed E-state index contributed by atoms with van der Waals surface area (Å²) in [5.41, 5.74) is 1.14. The van der Waals surface area contributed by atoms with Crippen molar-refractivity contribution in [3.05, 3.63) is 0 Å². The molecular formula is C12H21NO7. The van der Waals surface area contributed by atoms with Crippen molar-refractivity contribution in [3.8, 4) is 0 Å². The summed E-state index contributed by atoms with van der Waals surface area (Å²) in [6.45, 7) is 8.86. The van der Waals surface area contributed by atoms with Gasteiger partial charge in [-0.05, 0) is 34.6 Å². The standard InChI is InChI=1S/C12H21NO7/c1-11(2,3)19-9(14)13-20-10(15)16-6-8-7-17-12(4,5)18-8/h8H,6-7H2,1-5H3,(H,13,14)/t8-/m1/s1. The minimum Gasteiger partial charge on any atom is -0.442 e. The molecule has 0 radical (unpaired) electrons. The SMILES string of the molecule is CC(C)(C)OC(=O)NOC(=O)OC[C@@H]1COC(C)(C)O1. The number of rotatable bonds is 2. The summed E-state index contributed by atoms with van der Waals surface area (Å²) in [5.74, 6) is -0.688. The predicted octanol–water partition coefficient (Wildman–Crippen LogP) is 1.73. The maximum absolute atomic E-state index is 11.2. The molecule has 0 aliphatic carbocycles. The summed E-state index contributed by atoms with van der Waals surface area (Å²) in [6.07, 6.45) is -2.29. The van der Waals surface area contributed by atoms with Crippen molar-refractivity contribution in [1.82, 2.24) is 5.48 Å². The van der Waals surface area contributed by atoms with Crippen LogP contribution < -0.4 is 5.48 Å². The third-order valence-corrected chi connectivity index (χ3v) is 2.07. The Morgan fingerprint density at radius 3 is 2.50 bits per heavy atom. The molecule has 0 spiro atoms. The van der Waals surface area contributed by atoms with Gasteiger partial charge in [0.1, 0.15) is 18.3 Å². The van der Waals surface area contributed by atoms with E-state index in [0.29, 0.717) is 6.61 Å². The van der Waals surface area contributed by atoms with E-state index in [2.05, 4.69) is 4.84 Å². The van der Waals surface area contributed by atoms with E-state index in [-0.39, 0.29) is 12.7 Å². The zero-order chi connectivity index (χ0) is 15.4. The summed E-state index contributed by atoms with van der Waals surface area (Å²) in [6, 6.07) is 0. The largest absolute Gasteiger partial charge is 0.533 e. The molecule has 116 valence electrons. The Morgan fingerprint density at radius 2 is 2.00 bits per heavy atom. The highest BCUT2D eigenvalue weighted by Gasteiger charge is 2.33. The van der Waals surface area contributed by atoms with Gasteiger partial charge < -0.3 is 23.8 Å². The maximum Gasteiger partial charge on any atom is 0.533 e. The van der Waals surface area contributed by atoms with Gasteiger partial charge in [0, 0.05) is 0 Å².